The number of aromatic nitrogens is 1. The van der Waals surface area contributed by atoms with Crippen molar-refractivity contribution in [3.05, 3.63) is 42.2 Å². The number of alkyl halides is 1. The minimum absolute atomic E-state index is 0.327. The fourth-order valence-electron chi connectivity index (χ4n) is 3.85. The van der Waals surface area contributed by atoms with Gasteiger partial charge in [-0.1, -0.05) is 23.9 Å². The minimum Gasteiger partial charge on any atom is -0.392 e. The Bertz CT molecular complexity index is 610. The Morgan fingerprint density at radius 1 is 1.46 bits per heavy atom. The third-order valence-corrected chi connectivity index (χ3v) is 5.87. The summed E-state index contributed by atoms with van der Waals surface area (Å²) in [6.45, 7) is 6.20. The summed E-state index contributed by atoms with van der Waals surface area (Å²) in [5.74, 6) is 0.327. The first-order chi connectivity index (χ1) is 11.7. The molecule has 1 aliphatic carbocycles. The number of hydrogen-bond donors (Lipinski definition) is 0. The Kier molecular flexibility index (Phi) is 5.57. The molecule has 24 heavy (non-hydrogen) atoms. The second kappa shape index (κ2) is 7.66. The number of piperidine rings is 1. The van der Waals surface area contributed by atoms with Crippen molar-refractivity contribution >= 4 is 17.3 Å². The molecule has 0 saturated carbocycles. The van der Waals surface area contributed by atoms with Gasteiger partial charge in [-0.15, -0.1) is 11.6 Å². The average molecular weight is 348 g/mol. The molecule has 0 bridgehead atoms. The van der Waals surface area contributed by atoms with E-state index < -0.39 is 4.87 Å². The van der Waals surface area contributed by atoms with Crippen molar-refractivity contribution in [3.8, 4) is 0 Å². The van der Waals surface area contributed by atoms with Gasteiger partial charge >= 0.3 is 0 Å². The molecule has 2 aliphatic rings. The Morgan fingerprint density at radius 3 is 3.00 bits per heavy atom. The lowest BCUT2D eigenvalue weighted by atomic mass is 9.77. The molecule has 3 rings (SSSR count). The molecule has 0 amide bonds. The molecule has 2 heterocycles. The second-order valence-corrected chi connectivity index (χ2v) is 7.37. The fourth-order valence-corrected chi connectivity index (χ4v) is 4.37. The lowest BCUT2D eigenvalue weighted by Gasteiger charge is -2.40. The second-order valence-electron chi connectivity index (χ2n) is 6.78. The van der Waals surface area contributed by atoms with Crippen LogP contribution in [0.2, 0.25) is 0 Å². The number of rotatable bonds is 4. The molecule has 0 N–H and O–H groups in total. The van der Waals surface area contributed by atoms with Gasteiger partial charge in [-0.05, 0) is 69.8 Å². The molecule has 1 unspecified atom stereocenters. The van der Waals surface area contributed by atoms with Crippen molar-refractivity contribution < 1.29 is 4.84 Å². The van der Waals surface area contributed by atoms with Crippen molar-refractivity contribution in [1.29, 1.82) is 0 Å². The lowest BCUT2D eigenvalue weighted by Crippen LogP contribution is -2.44. The molecule has 4 nitrogen and oxygen atoms in total. The van der Waals surface area contributed by atoms with Crippen molar-refractivity contribution in [2.75, 3.05) is 26.7 Å². The van der Waals surface area contributed by atoms with Crippen LogP contribution in [-0.4, -0.2) is 42.3 Å². The fraction of sp³-hybridized carbons (Fsp3) is 0.579. The molecule has 1 fully saturated rings. The van der Waals surface area contributed by atoms with E-state index in [0.717, 1.165) is 56.6 Å². The normalized spacial score (nSPS) is 27.5. The zero-order valence-electron chi connectivity index (χ0n) is 14.4. The highest BCUT2D eigenvalue weighted by molar-refractivity contribution is 6.36. The first-order valence-electron chi connectivity index (χ1n) is 8.78. The standard InChI is InChI=1S/C19H26ClN3O/c1-3-14-24-22-17-8-4-6-15-7-5-11-21-18(15)19(17,20)16-9-12-23(2)13-10-16/h3,5,7,11,16H,1,4,6,8-10,12-14H2,2H3/b22-17+. The molecule has 1 aliphatic heterocycles. The summed E-state index contributed by atoms with van der Waals surface area (Å²) in [5.41, 5.74) is 3.16. The van der Waals surface area contributed by atoms with E-state index in [1.54, 1.807) is 6.08 Å². The zero-order valence-corrected chi connectivity index (χ0v) is 15.1. The molecular formula is C19H26ClN3O. The van der Waals surface area contributed by atoms with E-state index >= 15 is 0 Å². The number of hydrogen-bond acceptors (Lipinski definition) is 4. The summed E-state index contributed by atoms with van der Waals surface area (Å²) in [7, 11) is 2.17. The summed E-state index contributed by atoms with van der Waals surface area (Å²) >= 11 is 7.36. The first kappa shape index (κ1) is 17.4. The van der Waals surface area contributed by atoms with Gasteiger partial charge in [0.15, 0.2) is 0 Å². The number of fused-ring (bicyclic) bond motifs is 1. The van der Waals surface area contributed by atoms with Crippen LogP contribution in [0.4, 0.5) is 0 Å². The van der Waals surface area contributed by atoms with Crippen LogP contribution >= 0.6 is 11.6 Å². The molecule has 0 aromatic carbocycles. The molecule has 1 atom stereocenters. The third kappa shape index (κ3) is 3.35. The van der Waals surface area contributed by atoms with Crippen LogP contribution in [0.15, 0.2) is 36.1 Å². The summed E-state index contributed by atoms with van der Waals surface area (Å²) in [5, 5.41) is 4.44. The molecule has 1 aromatic heterocycles. The monoisotopic (exact) mass is 347 g/mol. The van der Waals surface area contributed by atoms with Crippen molar-refractivity contribution in [2.45, 2.75) is 37.0 Å². The Hall–Kier alpha value is -1.39. The van der Waals surface area contributed by atoms with E-state index in [2.05, 4.69) is 29.7 Å². The van der Waals surface area contributed by atoms with Crippen LogP contribution in [-0.2, 0) is 16.1 Å². The largest absolute Gasteiger partial charge is 0.392 e. The van der Waals surface area contributed by atoms with E-state index in [1.165, 1.54) is 5.56 Å². The average Bonchev–Trinajstić information content (AvgIpc) is 2.74. The number of oxime groups is 1. The summed E-state index contributed by atoms with van der Waals surface area (Å²) < 4.78 is 0. The van der Waals surface area contributed by atoms with Gasteiger partial charge in [-0.2, -0.15) is 0 Å². The van der Waals surface area contributed by atoms with Crippen LogP contribution < -0.4 is 0 Å². The van der Waals surface area contributed by atoms with Gasteiger partial charge < -0.3 is 9.74 Å². The van der Waals surface area contributed by atoms with Gasteiger partial charge in [0.05, 0.1) is 11.4 Å². The Morgan fingerprint density at radius 2 is 2.25 bits per heavy atom. The van der Waals surface area contributed by atoms with Crippen LogP contribution in [0, 0.1) is 5.92 Å². The topological polar surface area (TPSA) is 37.7 Å². The third-order valence-electron chi connectivity index (χ3n) is 5.16. The first-order valence-corrected chi connectivity index (χ1v) is 9.16. The molecule has 0 spiro atoms. The molecular weight excluding hydrogens is 322 g/mol. The van der Waals surface area contributed by atoms with Crippen molar-refractivity contribution in [2.24, 2.45) is 11.1 Å². The molecule has 5 heteroatoms. The quantitative estimate of drug-likeness (QED) is 0.274. The molecule has 1 saturated heterocycles. The Labute approximate surface area is 149 Å². The van der Waals surface area contributed by atoms with E-state index in [1.807, 2.05) is 12.3 Å². The highest BCUT2D eigenvalue weighted by atomic mass is 35.5. The maximum Gasteiger partial charge on any atom is 0.135 e. The van der Waals surface area contributed by atoms with E-state index in [9.17, 15) is 0 Å². The number of aryl methyl sites for hydroxylation is 1. The predicted molar refractivity (Wildman–Crippen MR) is 98.5 cm³/mol. The maximum absolute atomic E-state index is 7.36. The van der Waals surface area contributed by atoms with Gasteiger partial charge in [0, 0.05) is 6.20 Å². The van der Waals surface area contributed by atoms with E-state index in [-0.39, 0.29) is 0 Å². The molecule has 130 valence electrons. The lowest BCUT2D eigenvalue weighted by molar-refractivity contribution is 0.166. The smallest absolute Gasteiger partial charge is 0.135 e. The van der Waals surface area contributed by atoms with Crippen LogP contribution in [0.25, 0.3) is 0 Å². The minimum atomic E-state index is -0.657. The number of pyridine rings is 1. The maximum atomic E-state index is 7.36. The van der Waals surface area contributed by atoms with Gasteiger partial charge in [-0.3, -0.25) is 4.98 Å². The van der Waals surface area contributed by atoms with Crippen molar-refractivity contribution in [3.63, 3.8) is 0 Å². The predicted octanol–water partition coefficient (Wildman–Crippen LogP) is 3.75. The van der Waals surface area contributed by atoms with Gasteiger partial charge in [0.1, 0.15) is 11.5 Å². The highest BCUT2D eigenvalue weighted by Gasteiger charge is 2.47. The summed E-state index contributed by atoms with van der Waals surface area (Å²) in [6.07, 6.45) is 8.52. The number of likely N-dealkylation sites (tertiary alicyclic amines) is 1. The molecule has 1 aromatic rings. The van der Waals surface area contributed by atoms with E-state index in [4.69, 9.17) is 21.4 Å². The highest BCUT2D eigenvalue weighted by Crippen LogP contribution is 2.46. The number of nitrogens with zero attached hydrogens (tertiary/aromatic N) is 3. The van der Waals surface area contributed by atoms with Gasteiger partial charge in [0.2, 0.25) is 0 Å². The van der Waals surface area contributed by atoms with Gasteiger partial charge in [0.25, 0.3) is 0 Å². The van der Waals surface area contributed by atoms with Gasteiger partial charge in [-0.25, -0.2) is 0 Å². The zero-order chi connectivity index (χ0) is 17.0. The van der Waals surface area contributed by atoms with Crippen LogP contribution in [0.1, 0.15) is 36.9 Å². The van der Waals surface area contributed by atoms with Crippen LogP contribution in [0.5, 0.6) is 0 Å². The van der Waals surface area contributed by atoms with E-state index in [0.29, 0.717) is 12.5 Å². The molecule has 0 radical (unpaired) electrons. The number of halogens is 1. The summed E-state index contributed by atoms with van der Waals surface area (Å²) in [6, 6.07) is 4.16. The Balaban J connectivity index is 2.02. The summed E-state index contributed by atoms with van der Waals surface area (Å²) in [4.78, 5) is 11.9. The van der Waals surface area contributed by atoms with Crippen LogP contribution in [0.3, 0.4) is 0 Å². The SMILES string of the molecule is C=CCO/N=C1\CCCc2cccnc2C1(Cl)C1CCN(C)CC1. The van der Waals surface area contributed by atoms with Crippen molar-refractivity contribution in [1.82, 2.24) is 9.88 Å².